The van der Waals surface area contributed by atoms with E-state index < -0.39 is 0 Å². The molecule has 4 heteroatoms. The summed E-state index contributed by atoms with van der Waals surface area (Å²) in [6, 6.07) is 5.89. The maximum atomic E-state index is 11.9. The zero-order chi connectivity index (χ0) is 12.1. The predicted octanol–water partition coefficient (Wildman–Crippen LogP) is 2.40. The molecule has 0 spiro atoms. The first-order chi connectivity index (χ1) is 8.83. The first kappa shape index (κ1) is 9.76. The Hall–Kier alpha value is -2.23. The Balaban J connectivity index is 2.14. The topological polar surface area (TPSA) is 47.3 Å². The largest absolute Gasteiger partial charge is 0.298 e. The molecule has 1 aliphatic carbocycles. The first-order valence-corrected chi connectivity index (χ1v) is 6.12. The van der Waals surface area contributed by atoms with Crippen molar-refractivity contribution in [3.63, 3.8) is 0 Å². The molecule has 3 aromatic heterocycles. The molecule has 4 rings (SSSR count). The van der Waals surface area contributed by atoms with E-state index in [1.165, 1.54) is 0 Å². The average Bonchev–Trinajstić information content (AvgIpc) is 2.86. The van der Waals surface area contributed by atoms with Crippen molar-refractivity contribution in [2.75, 3.05) is 0 Å². The molecule has 0 radical (unpaired) electrons. The van der Waals surface area contributed by atoms with Crippen LogP contribution in [-0.2, 0) is 6.42 Å². The molecule has 0 N–H and O–H groups in total. The van der Waals surface area contributed by atoms with E-state index in [0.29, 0.717) is 6.42 Å². The third-order valence-electron chi connectivity index (χ3n) is 3.55. The van der Waals surface area contributed by atoms with E-state index in [0.717, 1.165) is 40.8 Å². The Morgan fingerprint density at radius 2 is 2.17 bits per heavy atom. The van der Waals surface area contributed by atoms with Crippen molar-refractivity contribution in [1.29, 1.82) is 0 Å². The Kier molecular flexibility index (Phi) is 1.84. The molecule has 0 unspecified atom stereocenters. The van der Waals surface area contributed by atoms with Gasteiger partial charge >= 0.3 is 0 Å². The number of rotatable bonds is 0. The molecule has 0 saturated heterocycles. The Bertz CT molecular complexity index is 788. The van der Waals surface area contributed by atoms with Gasteiger partial charge in [-0.15, -0.1) is 0 Å². The van der Waals surface area contributed by atoms with Crippen molar-refractivity contribution in [2.24, 2.45) is 0 Å². The van der Waals surface area contributed by atoms with E-state index in [-0.39, 0.29) is 5.78 Å². The van der Waals surface area contributed by atoms with Crippen LogP contribution in [0.3, 0.4) is 0 Å². The maximum absolute atomic E-state index is 11.9. The van der Waals surface area contributed by atoms with Gasteiger partial charge < -0.3 is 0 Å². The van der Waals surface area contributed by atoms with Gasteiger partial charge in [0.15, 0.2) is 5.78 Å². The molecule has 0 aromatic carbocycles. The van der Waals surface area contributed by atoms with Gasteiger partial charge in [0, 0.05) is 24.4 Å². The van der Waals surface area contributed by atoms with Crippen molar-refractivity contribution in [3.05, 3.63) is 41.9 Å². The second-order valence-electron chi connectivity index (χ2n) is 4.65. The van der Waals surface area contributed by atoms with E-state index in [2.05, 4.69) is 9.97 Å². The number of pyridine rings is 2. The van der Waals surface area contributed by atoms with Gasteiger partial charge in [0.05, 0.1) is 16.7 Å². The summed E-state index contributed by atoms with van der Waals surface area (Å²) in [5.41, 5.74) is 4.49. The number of aromatic nitrogens is 3. The Labute approximate surface area is 103 Å². The van der Waals surface area contributed by atoms with Gasteiger partial charge in [-0.05, 0) is 31.0 Å². The van der Waals surface area contributed by atoms with Crippen LogP contribution in [0.2, 0.25) is 0 Å². The number of Topliss-reactive ketones (excluding diaryl/α,β-unsaturated/α-hetero) is 1. The third-order valence-corrected chi connectivity index (χ3v) is 3.55. The zero-order valence-electron chi connectivity index (χ0n) is 9.76. The molecule has 0 atom stereocenters. The van der Waals surface area contributed by atoms with Crippen LogP contribution >= 0.6 is 0 Å². The van der Waals surface area contributed by atoms with Gasteiger partial charge in [0.25, 0.3) is 0 Å². The van der Waals surface area contributed by atoms with Gasteiger partial charge in [-0.3, -0.25) is 14.2 Å². The second kappa shape index (κ2) is 3.38. The SMILES string of the molecule is O=C1CCCc2nc3ccc4nccn4c3cc21. The van der Waals surface area contributed by atoms with Gasteiger partial charge in [0.2, 0.25) is 0 Å². The predicted molar refractivity (Wildman–Crippen MR) is 67.8 cm³/mol. The van der Waals surface area contributed by atoms with Crippen LogP contribution in [0.15, 0.2) is 30.6 Å². The fourth-order valence-electron chi connectivity index (χ4n) is 2.65. The lowest BCUT2D eigenvalue weighted by Crippen LogP contribution is -2.13. The van der Waals surface area contributed by atoms with Gasteiger partial charge in [-0.2, -0.15) is 0 Å². The lowest BCUT2D eigenvalue weighted by Gasteiger charge is -2.14. The average molecular weight is 237 g/mol. The number of fused-ring (bicyclic) bond motifs is 4. The lowest BCUT2D eigenvalue weighted by atomic mass is 9.94. The van der Waals surface area contributed by atoms with Gasteiger partial charge in [-0.25, -0.2) is 4.98 Å². The number of carbonyl (C=O) groups excluding carboxylic acids is 1. The summed E-state index contributed by atoms with van der Waals surface area (Å²) < 4.78 is 1.98. The molecule has 1 aliphatic rings. The number of aryl methyl sites for hydroxylation is 1. The van der Waals surface area contributed by atoms with Crippen LogP contribution in [0.1, 0.15) is 28.9 Å². The van der Waals surface area contributed by atoms with Crippen LogP contribution in [0.4, 0.5) is 0 Å². The fourth-order valence-corrected chi connectivity index (χ4v) is 2.65. The van der Waals surface area contributed by atoms with E-state index in [9.17, 15) is 4.79 Å². The smallest absolute Gasteiger partial charge is 0.164 e. The minimum atomic E-state index is 0.211. The number of ketones is 1. The van der Waals surface area contributed by atoms with Crippen molar-refractivity contribution in [3.8, 4) is 0 Å². The fraction of sp³-hybridized carbons (Fsp3) is 0.214. The summed E-state index contributed by atoms with van der Waals surface area (Å²) in [5, 5.41) is 0. The number of imidazole rings is 1. The van der Waals surface area contributed by atoms with Crippen LogP contribution in [0.5, 0.6) is 0 Å². The molecule has 4 nitrogen and oxygen atoms in total. The van der Waals surface area contributed by atoms with E-state index >= 15 is 0 Å². The van der Waals surface area contributed by atoms with Crippen LogP contribution in [0, 0.1) is 0 Å². The minimum absolute atomic E-state index is 0.211. The molecular formula is C14H11N3O. The number of hydrogen-bond acceptors (Lipinski definition) is 3. The van der Waals surface area contributed by atoms with E-state index in [4.69, 9.17) is 0 Å². The number of carbonyl (C=O) groups is 1. The zero-order valence-corrected chi connectivity index (χ0v) is 9.76. The second-order valence-corrected chi connectivity index (χ2v) is 4.65. The Morgan fingerprint density at radius 3 is 3.11 bits per heavy atom. The highest BCUT2D eigenvalue weighted by Gasteiger charge is 2.19. The normalized spacial score (nSPS) is 15.2. The molecule has 0 amide bonds. The standard InChI is InChI=1S/C14H11N3O/c18-13-3-1-2-10-9(13)8-12-11(16-10)4-5-14-15-6-7-17(12)14/h4-8H,1-3H2. The molecule has 0 fully saturated rings. The molecular weight excluding hydrogens is 226 g/mol. The van der Waals surface area contributed by atoms with Gasteiger partial charge in [0.1, 0.15) is 5.65 Å². The Morgan fingerprint density at radius 1 is 1.22 bits per heavy atom. The summed E-state index contributed by atoms with van der Waals surface area (Å²) in [6.45, 7) is 0. The minimum Gasteiger partial charge on any atom is -0.298 e. The van der Waals surface area contributed by atoms with E-state index in [1.807, 2.05) is 28.8 Å². The highest BCUT2D eigenvalue weighted by Crippen LogP contribution is 2.24. The summed E-state index contributed by atoms with van der Waals surface area (Å²) in [6.07, 6.45) is 6.12. The molecule has 3 heterocycles. The highest BCUT2D eigenvalue weighted by atomic mass is 16.1. The quantitative estimate of drug-likeness (QED) is 0.603. The molecule has 0 bridgehead atoms. The number of hydrogen-bond donors (Lipinski definition) is 0. The lowest BCUT2D eigenvalue weighted by molar-refractivity contribution is 0.0972. The molecule has 0 aliphatic heterocycles. The summed E-state index contributed by atoms with van der Waals surface area (Å²) in [7, 11) is 0. The molecule has 18 heavy (non-hydrogen) atoms. The number of nitrogens with zero attached hydrogens (tertiary/aromatic N) is 3. The van der Waals surface area contributed by atoms with Crippen LogP contribution in [-0.4, -0.2) is 20.2 Å². The van der Waals surface area contributed by atoms with Gasteiger partial charge in [-0.1, -0.05) is 0 Å². The van der Waals surface area contributed by atoms with E-state index in [1.54, 1.807) is 6.20 Å². The molecule has 88 valence electrons. The monoisotopic (exact) mass is 237 g/mol. The van der Waals surface area contributed by atoms with Crippen LogP contribution < -0.4 is 0 Å². The van der Waals surface area contributed by atoms with Crippen molar-refractivity contribution in [1.82, 2.24) is 14.4 Å². The van der Waals surface area contributed by atoms with Crippen molar-refractivity contribution >= 4 is 22.5 Å². The third kappa shape index (κ3) is 1.23. The summed E-state index contributed by atoms with van der Waals surface area (Å²) in [5.74, 6) is 0.211. The van der Waals surface area contributed by atoms with Crippen molar-refractivity contribution in [2.45, 2.75) is 19.3 Å². The maximum Gasteiger partial charge on any atom is 0.164 e. The summed E-state index contributed by atoms with van der Waals surface area (Å²) >= 11 is 0. The molecule has 0 saturated carbocycles. The highest BCUT2D eigenvalue weighted by molar-refractivity contribution is 6.00. The van der Waals surface area contributed by atoms with Crippen molar-refractivity contribution < 1.29 is 4.79 Å². The first-order valence-electron chi connectivity index (χ1n) is 6.12. The molecule has 3 aromatic rings. The van der Waals surface area contributed by atoms with Crippen LogP contribution in [0.25, 0.3) is 16.7 Å². The summed E-state index contributed by atoms with van der Waals surface area (Å²) in [4.78, 5) is 20.8.